The molecule has 4 heteroatoms. The lowest BCUT2D eigenvalue weighted by Crippen LogP contribution is -2.32. The van der Waals surface area contributed by atoms with Gasteiger partial charge in [0.1, 0.15) is 0 Å². The van der Waals surface area contributed by atoms with Crippen LogP contribution in [0.4, 0.5) is 10.5 Å². The van der Waals surface area contributed by atoms with E-state index >= 15 is 0 Å². The van der Waals surface area contributed by atoms with E-state index in [1.54, 1.807) is 11.0 Å². The zero-order chi connectivity index (χ0) is 11.5. The highest BCUT2D eigenvalue weighted by molar-refractivity contribution is 6.31. The normalized spacial score (nSPS) is 14.2. The van der Waals surface area contributed by atoms with Gasteiger partial charge in [-0.2, -0.15) is 0 Å². The molecule has 1 N–H and O–H groups in total. The van der Waals surface area contributed by atoms with Crippen molar-refractivity contribution in [3.05, 3.63) is 40.9 Å². The van der Waals surface area contributed by atoms with Gasteiger partial charge in [-0.1, -0.05) is 29.8 Å². The number of anilines is 1. The van der Waals surface area contributed by atoms with Gasteiger partial charge in [0.05, 0.1) is 0 Å². The summed E-state index contributed by atoms with van der Waals surface area (Å²) in [7, 11) is 0. The maximum Gasteiger partial charge on any atom is 0.322 e. The van der Waals surface area contributed by atoms with Crippen molar-refractivity contribution in [3.8, 4) is 0 Å². The Balaban J connectivity index is 2.03. The second-order valence-electron chi connectivity index (χ2n) is 3.77. The number of carbonyl (C=O) groups excluding carboxylic acids is 1. The molecular weight excluding hydrogens is 224 g/mol. The Hall–Kier alpha value is -1.48. The van der Waals surface area contributed by atoms with Crippen molar-refractivity contribution in [2.75, 3.05) is 18.4 Å². The first-order chi connectivity index (χ1) is 7.66. The van der Waals surface area contributed by atoms with Crippen LogP contribution in [0.3, 0.4) is 0 Å². The van der Waals surface area contributed by atoms with Crippen LogP contribution in [0.25, 0.3) is 0 Å². The summed E-state index contributed by atoms with van der Waals surface area (Å²) in [6, 6.07) is 5.41. The van der Waals surface area contributed by atoms with E-state index in [9.17, 15) is 4.79 Å². The zero-order valence-corrected chi connectivity index (χ0v) is 9.79. The average molecular weight is 237 g/mol. The van der Waals surface area contributed by atoms with Crippen LogP contribution in [-0.2, 0) is 0 Å². The summed E-state index contributed by atoms with van der Waals surface area (Å²) in [6.45, 7) is 3.27. The third kappa shape index (κ3) is 2.36. The second-order valence-corrected chi connectivity index (χ2v) is 4.18. The van der Waals surface area contributed by atoms with Crippen LogP contribution in [0.15, 0.2) is 30.4 Å². The molecule has 0 bridgehead atoms. The molecule has 0 spiro atoms. The van der Waals surface area contributed by atoms with Crippen molar-refractivity contribution in [2.45, 2.75) is 6.92 Å². The van der Waals surface area contributed by atoms with Crippen LogP contribution in [0, 0.1) is 6.92 Å². The van der Waals surface area contributed by atoms with Gasteiger partial charge in [0.25, 0.3) is 0 Å². The summed E-state index contributed by atoms with van der Waals surface area (Å²) in [6.07, 6.45) is 3.95. The van der Waals surface area contributed by atoms with Crippen LogP contribution in [0.2, 0.25) is 5.02 Å². The molecule has 0 radical (unpaired) electrons. The summed E-state index contributed by atoms with van der Waals surface area (Å²) >= 11 is 5.98. The predicted molar refractivity (Wildman–Crippen MR) is 65.9 cm³/mol. The van der Waals surface area contributed by atoms with Gasteiger partial charge in [-0.25, -0.2) is 4.79 Å². The Bertz CT molecular complexity index is 435. The van der Waals surface area contributed by atoms with Gasteiger partial charge in [0, 0.05) is 23.8 Å². The molecule has 0 aliphatic carbocycles. The molecule has 1 aromatic rings. The lowest BCUT2D eigenvalue weighted by Gasteiger charge is -2.16. The van der Waals surface area contributed by atoms with E-state index in [-0.39, 0.29) is 6.03 Å². The molecule has 0 unspecified atom stereocenters. The summed E-state index contributed by atoms with van der Waals surface area (Å²) in [5, 5.41) is 3.48. The molecule has 84 valence electrons. The van der Waals surface area contributed by atoms with Crippen molar-refractivity contribution in [1.29, 1.82) is 0 Å². The first-order valence-electron chi connectivity index (χ1n) is 5.14. The van der Waals surface area contributed by atoms with Gasteiger partial charge in [-0.05, 0) is 24.6 Å². The van der Waals surface area contributed by atoms with E-state index in [2.05, 4.69) is 5.32 Å². The van der Waals surface area contributed by atoms with Crippen LogP contribution in [0.5, 0.6) is 0 Å². The number of carbonyl (C=O) groups is 1. The van der Waals surface area contributed by atoms with Gasteiger partial charge in [0.15, 0.2) is 0 Å². The number of hydrogen-bond acceptors (Lipinski definition) is 1. The van der Waals surface area contributed by atoms with E-state index in [4.69, 9.17) is 11.6 Å². The molecule has 3 nitrogen and oxygen atoms in total. The van der Waals surface area contributed by atoms with Crippen molar-refractivity contribution in [1.82, 2.24) is 4.90 Å². The number of benzene rings is 1. The number of rotatable bonds is 1. The molecule has 1 aliphatic rings. The number of aryl methyl sites for hydroxylation is 1. The highest BCUT2D eigenvalue weighted by atomic mass is 35.5. The highest BCUT2D eigenvalue weighted by Crippen LogP contribution is 2.20. The molecule has 0 saturated carbocycles. The van der Waals surface area contributed by atoms with Crippen molar-refractivity contribution < 1.29 is 4.79 Å². The fourth-order valence-corrected chi connectivity index (χ4v) is 1.70. The van der Waals surface area contributed by atoms with Crippen LogP contribution < -0.4 is 5.32 Å². The molecule has 0 saturated heterocycles. The number of nitrogens with one attached hydrogen (secondary N) is 1. The largest absolute Gasteiger partial charge is 0.322 e. The molecule has 1 aromatic carbocycles. The molecule has 2 rings (SSSR count). The van der Waals surface area contributed by atoms with Gasteiger partial charge < -0.3 is 10.2 Å². The monoisotopic (exact) mass is 236 g/mol. The molecule has 0 fully saturated rings. The smallest absolute Gasteiger partial charge is 0.317 e. The predicted octanol–water partition coefficient (Wildman–Crippen LogP) is 3.05. The Kier molecular flexibility index (Phi) is 3.15. The Morgan fingerprint density at radius 3 is 2.69 bits per heavy atom. The third-order valence-corrected chi connectivity index (χ3v) is 2.94. The second kappa shape index (κ2) is 4.58. The highest BCUT2D eigenvalue weighted by Gasteiger charge is 2.13. The van der Waals surface area contributed by atoms with Crippen LogP contribution in [0.1, 0.15) is 5.56 Å². The van der Waals surface area contributed by atoms with Crippen molar-refractivity contribution in [2.24, 2.45) is 0 Å². The van der Waals surface area contributed by atoms with Crippen molar-refractivity contribution >= 4 is 23.3 Å². The average Bonchev–Trinajstić information content (AvgIpc) is 2.77. The topological polar surface area (TPSA) is 32.3 Å². The van der Waals surface area contributed by atoms with Gasteiger partial charge in [-0.15, -0.1) is 0 Å². The van der Waals surface area contributed by atoms with Crippen LogP contribution >= 0.6 is 11.6 Å². The van der Waals surface area contributed by atoms with E-state index in [0.29, 0.717) is 18.1 Å². The van der Waals surface area contributed by atoms with Gasteiger partial charge in [0.2, 0.25) is 0 Å². The quantitative estimate of drug-likeness (QED) is 0.747. The summed E-state index contributed by atoms with van der Waals surface area (Å²) < 4.78 is 0. The SMILES string of the molecule is Cc1ccc(NC(=O)N2CC=CC2)cc1Cl. The lowest BCUT2D eigenvalue weighted by atomic mass is 10.2. The molecule has 0 atom stereocenters. The fraction of sp³-hybridized carbons (Fsp3) is 0.250. The molecule has 2 amide bonds. The van der Waals surface area contributed by atoms with Crippen molar-refractivity contribution in [3.63, 3.8) is 0 Å². The standard InChI is InChI=1S/C12H13ClN2O/c1-9-4-5-10(8-11(9)13)14-12(16)15-6-2-3-7-15/h2-5,8H,6-7H2,1H3,(H,14,16). The maximum absolute atomic E-state index is 11.7. The molecule has 0 aromatic heterocycles. The fourth-order valence-electron chi connectivity index (χ4n) is 1.52. The number of amides is 2. The third-order valence-electron chi connectivity index (χ3n) is 2.53. The van der Waals surface area contributed by atoms with Gasteiger partial charge >= 0.3 is 6.03 Å². The first-order valence-corrected chi connectivity index (χ1v) is 5.51. The molecular formula is C12H13ClN2O. The van der Waals surface area contributed by atoms with Crippen LogP contribution in [-0.4, -0.2) is 24.0 Å². The van der Waals surface area contributed by atoms with Gasteiger partial charge in [-0.3, -0.25) is 0 Å². The minimum atomic E-state index is -0.0927. The molecule has 1 aliphatic heterocycles. The van der Waals surface area contributed by atoms with E-state index in [0.717, 1.165) is 11.3 Å². The summed E-state index contributed by atoms with van der Waals surface area (Å²) in [5.74, 6) is 0. The maximum atomic E-state index is 11.7. The van der Waals surface area contributed by atoms with E-state index in [1.165, 1.54) is 0 Å². The van der Waals surface area contributed by atoms with E-state index in [1.807, 2.05) is 31.2 Å². The molecule has 16 heavy (non-hydrogen) atoms. The minimum Gasteiger partial charge on any atom is -0.317 e. The summed E-state index contributed by atoms with van der Waals surface area (Å²) in [5.41, 5.74) is 1.73. The Morgan fingerprint density at radius 1 is 1.38 bits per heavy atom. The minimum absolute atomic E-state index is 0.0927. The van der Waals surface area contributed by atoms with E-state index < -0.39 is 0 Å². The Morgan fingerprint density at radius 2 is 2.06 bits per heavy atom. The number of urea groups is 1. The lowest BCUT2D eigenvalue weighted by molar-refractivity contribution is 0.224. The number of halogens is 1. The summed E-state index contributed by atoms with van der Waals surface area (Å²) in [4.78, 5) is 13.5. The number of hydrogen-bond donors (Lipinski definition) is 1. The first kappa shape index (κ1) is 11.0. The number of nitrogens with zero attached hydrogens (tertiary/aromatic N) is 1. The molecule has 1 heterocycles. The Labute approximate surface area is 99.7 Å². The zero-order valence-electron chi connectivity index (χ0n) is 9.03.